The zero-order valence-electron chi connectivity index (χ0n) is 12.4. The van der Waals surface area contributed by atoms with Gasteiger partial charge in [0.1, 0.15) is 11.7 Å². The fourth-order valence-electron chi connectivity index (χ4n) is 2.52. The second-order valence-electron chi connectivity index (χ2n) is 5.12. The highest BCUT2D eigenvalue weighted by atomic mass is 16.5. The van der Waals surface area contributed by atoms with Crippen LogP contribution in [0, 0.1) is 6.92 Å². The van der Waals surface area contributed by atoms with E-state index in [9.17, 15) is 4.79 Å². The van der Waals surface area contributed by atoms with Crippen molar-refractivity contribution in [1.82, 2.24) is 5.16 Å². The van der Waals surface area contributed by atoms with E-state index in [1.807, 2.05) is 49.4 Å². The van der Waals surface area contributed by atoms with Crippen LogP contribution in [0.3, 0.4) is 0 Å². The monoisotopic (exact) mass is 296 g/mol. The maximum absolute atomic E-state index is 12.3. The van der Waals surface area contributed by atoms with Crippen molar-refractivity contribution in [2.45, 2.75) is 20.0 Å². The van der Waals surface area contributed by atoms with Gasteiger partial charge in [0, 0.05) is 0 Å². The fraction of sp³-hybridized carbons (Fsp3) is 0.176. The normalized spacial score (nSPS) is 12.3. The molecule has 0 amide bonds. The Morgan fingerprint density at radius 3 is 2.68 bits per heavy atom. The predicted molar refractivity (Wildman–Crippen MR) is 83.4 cm³/mol. The zero-order valence-corrected chi connectivity index (χ0v) is 12.4. The highest BCUT2D eigenvalue weighted by molar-refractivity contribution is 5.95. The standard InChI is InChI=1S/C17H16N2O3/c1-10-15(16(18)22-19-10)17(20)21-11(2)13-9-5-7-12-6-3-4-8-14(12)13/h3-9,11H,18H2,1-2H3/t11-/m1/s1. The van der Waals surface area contributed by atoms with Crippen LogP contribution in [0.2, 0.25) is 0 Å². The number of anilines is 1. The van der Waals surface area contributed by atoms with Crippen LogP contribution in [0.4, 0.5) is 5.88 Å². The number of benzene rings is 2. The van der Waals surface area contributed by atoms with Crippen LogP contribution in [0.25, 0.3) is 10.8 Å². The number of hydrogen-bond donors (Lipinski definition) is 1. The van der Waals surface area contributed by atoms with Crippen LogP contribution < -0.4 is 5.73 Å². The average molecular weight is 296 g/mol. The largest absolute Gasteiger partial charge is 0.454 e. The van der Waals surface area contributed by atoms with E-state index < -0.39 is 12.1 Å². The first-order valence-corrected chi connectivity index (χ1v) is 6.98. The van der Waals surface area contributed by atoms with E-state index in [0.29, 0.717) is 5.69 Å². The van der Waals surface area contributed by atoms with Gasteiger partial charge < -0.3 is 15.0 Å². The number of hydrogen-bond acceptors (Lipinski definition) is 5. The van der Waals surface area contributed by atoms with Gasteiger partial charge in [-0.25, -0.2) is 4.79 Å². The molecule has 0 aliphatic rings. The smallest absolute Gasteiger partial charge is 0.346 e. The molecule has 0 aliphatic carbocycles. The molecule has 2 N–H and O–H groups in total. The Labute approximate surface area is 127 Å². The number of rotatable bonds is 3. The minimum Gasteiger partial charge on any atom is -0.454 e. The third-order valence-corrected chi connectivity index (χ3v) is 3.64. The summed E-state index contributed by atoms with van der Waals surface area (Å²) in [6.45, 7) is 3.48. The van der Waals surface area contributed by atoms with Gasteiger partial charge in [0.05, 0.1) is 5.69 Å². The number of aryl methyl sites for hydroxylation is 1. The van der Waals surface area contributed by atoms with Crippen LogP contribution in [0.15, 0.2) is 47.0 Å². The summed E-state index contributed by atoms with van der Waals surface area (Å²) in [6, 6.07) is 13.9. The molecule has 5 nitrogen and oxygen atoms in total. The molecule has 112 valence electrons. The number of fused-ring (bicyclic) bond motifs is 1. The van der Waals surface area contributed by atoms with Crippen molar-refractivity contribution < 1.29 is 14.1 Å². The van der Waals surface area contributed by atoms with Gasteiger partial charge in [-0.1, -0.05) is 47.6 Å². The molecule has 0 saturated heterocycles. The Bertz CT molecular complexity index is 814. The van der Waals surface area contributed by atoms with Crippen molar-refractivity contribution in [2.75, 3.05) is 5.73 Å². The summed E-state index contributed by atoms with van der Waals surface area (Å²) in [5, 5.41) is 5.82. The minimum absolute atomic E-state index is 0.0207. The van der Waals surface area contributed by atoms with Crippen LogP contribution in [0.1, 0.15) is 34.6 Å². The number of carbonyl (C=O) groups excluding carboxylic acids is 1. The van der Waals surface area contributed by atoms with Crippen molar-refractivity contribution in [3.63, 3.8) is 0 Å². The first-order chi connectivity index (χ1) is 10.6. The van der Waals surface area contributed by atoms with Gasteiger partial charge in [-0.3, -0.25) is 0 Å². The van der Waals surface area contributed by atoms with Crippen LogP contribution in [-0.4, -0.2) is 11.1 Å². The summed E-state index contributed by atoms with van der Waals surface area (Å²) in [4.78, 5) is 12.3. The van der Waals surface area contributed by atoms with E-state index in [1.165, 1.54) is 0 Å². The van der Waals surface area contributed by atoms with Crippen LogP contribution in [0.5, 0.6) is 0 Å². The van der Waals surface area contributed by atoms with E-state index in [1.54, 1.807) is 6.92 Å². The van der Waals surface area contributed by atoms with E-state index in [0.717, 1.165) is 16.3 Å². The maximum atomic E-state index is 12.3. The Morgan fingerprint density at radius 2 is 1.95 bits per heavy atom. The Kier molecular flexibility index (Phi) is 3.55. The molecule has 2 aromatic carbocycles. The summed E-state index contributed by atoms with van der Waals surface area (Å²) in [5.41, 5.74) is 7.17. The summed E-state index contributed by atoms with van der Waals surface area (Å²) in [5.74, 6) is -0.552. The number of ether oxygens (including phenoxy) is 1. The molecule has 0 spiro atoms. The highest BCUT2D eigenvalue weighted by Crippen LogP contribution is 2.28. The lowest BCUT2D eigenvalue weighted by molar-refractivity contribution is 0.0341. The fourth-order valence-corrected chi connectivity index (χ4v) is 2.52. The lowest BCUT2D eigenvalue weighted by Crippen LogP contribution is -2.11. The summed E-state index contributed by atoms with van der Waals surface area (Å²) in [6.07, 6.45) is -0.410. The topological polar surface area (TPSA) is 78.4 Å². The number of carbonyl (C=O) groups is 1. The number of nitrogen functional groups attached to an aromatic ring is 1. The molecular weight excluding hydrogens is 280 g/mol. The van der Waals surface area contributed by atoms with Gasteiger partial charge in [0.25, 0.3) is 0 Å². The predicted octanol–water partition coefficient (Wildman–Crippen LogP) is 3.64. The second-order valence-corrected chi connectivity index (χ2v) is 5.12. The zero-order chi connectivity index (χ0) is 15.7. The van der Waals surface area contributed by atoms with Gasteiger partial charge in [0.2, 0.25) is 5.88 Å². The van der Waals surface area contributed by atoms with Gasteiger partial charge in [-0.15, -0.1) is 0 Å². The van der Waals surface area contributed by atoms with Gasteiger partial charge >= 0.3 is 5.97 Å². The quantitative estimate of drug-likeness (QED) is 0.746. The summed E-state index contributed by atoms with van der Waals surface area (Å²) < 4.78 is 10.3. The van der Waals surface area contributed by atoms with Crippen molar-refractivity contribution in [2.24, 2.45) is 0 Å². The summed E-state index contributed by atoms with van der Waals surface area (Å²) in [7, 11) is 0. The molecule has 5 heteroatoms. The molecule has 0 saturated carbocycles. The van der Waals surface area contributed by atoms with Gasteiger partial charge in [-0.2, -0.15) is 0 Å². The molecule has 3 rings (SSSR count). The van der Waals surface area contributed by atoms with E-state index in [-0.39, 0.29) is 11.4 Å². The molecule has 0 bridgehead atoms. The lowest BCUT2D eigenvalue weighted by Gasteiger charge is -2.15. The Hall–Kier alpha value is -2.82. The first kappa shape index (κ1) is 14.1. The van der Waals surface area contributed by atoms with Gasteiger partial charge in [0.15, 0.2) is 0 Å². The van der Waals surface area contributed by atoms with E-state index in [4.69, 9.17) is 15.0 Å². The summed E-state index contributed by atoms with van der Waals surface area (Å²) >= 11 is 0. The SMILES string of the molecule is Cc1noc(N)c1C(=O)O[C@H](C)c1cccc2ccccc12. The van der Waals surface area contributed by atoms with Crippen molar-refractivity contribution >= 4 is 22.6 Å². The third kappa shape index (κ3) is 2.41. The molecule has 0 aliphatic heterocycles. The molecule has 1 heterocycles. The molecule has 3 aromatic rings. The van der Waals surface area contributed by atoms with Crippen molar-refractivity contribution in [1.29, 1.82) is 0 Å². The Morgan fingerprint density at radius 1 is 1.23 bits per heavy atom. The molecule has 0 radical (unpaired) electrons. The van der Waals surface area contributed by atoms with Gasteiger partial charge in [-0.05, 0) is 30.2 Å². The number of esters is 1. The highest BCUT2D eigenvalue weighted by Gasteiger charge is 2.23. The Balaban J connectivity index is 1.91. The second kappa shape index (κ2) is 5.52. The first-order valence-electron chi connectivity index (χ1n) is 6.98. The number of nitrogens with two attached hydrogens (primary N) is 1. The van der Waals surface area contributed by atoms with E-state index in [2.05, 4.69) is 5.16 Å². The molecule has 0 fully saturated rings. The molecule has 22 heavy (non-hydrogen) atoms. The molecule has 0 unspecified atom stereocenters. The third-order valence-electron chi connectivity index (χ3n) is 3.64. The van der Waals surface area contributed by atoms with Crippen molar-refractivity contribution in [3.05, 3.63) is 59.3 Å². The molecule has 1 aromatic heterocycles. The molecule has 1 atom stereocenters. The molecular formula is C17H16N2O3. The van der Waals surface area contributed by atoms with Crippen LogP contribution in [-0.2, 0) is 4.74 Å². The average Bonchev–Trinajstić information content (AvgIpc) is 2.85. The minimum atomic E-state index is -0.531. The van der Waals surface area contributed by atoms with E-state index >= 15 is 0 Å². The van der Waals surface area contributed by atoms with Crippen LogP contribution >= 0.6 is 0 Å². The van der Waals surface area contributed by atoms with Crippen molar-refractivity contribution in [3.8, 4) is 0 Å². The number of nitrogens with zero attached hydrogens (tertiary/aromatic N) is 1. The lowest BCUT2D eigenvalue weighted by atomic mass is 10.0. The maximum Gasteiger partial charge on any atom is 0.346 e. The number of aromatic nitrogens is 1.